The first kappa shape index (κ1) is 21.2. The van der Waals surface area contributed by atoms with Gasteiger partial charge >= 0.3 is 0 Å². The van der Waals surface area contributed by atoms with Gasteiger partial charge in [0.15, 0.2) is 11.0 Å². The number of anilines is 1. The van der Waals surface area contributed by atoms with Gasteiger partial charge in [0.2, 0.25) is 5.91 Å². The van der Waals surface area contributed by atoms with Crippen molar-refractivity contribution in [1.82, 2.24) is 14.8 Å². The third-order valence-corrected chi connectivity index (χ3v) is 5.63. The van der Waals surface area contributed by atoms with Gasteiger partial charge in [-0.25, -0.2) is 0 Å². The van der Waals surface area contributed by atoms with Gasteiger partial charge in [-0.15, -0.1) is 10.2 Å². The average molecular weight is 431 g/mol. The molecule has 2 aromatic carbocycles. The number of ether oxygens (including phenoxy) is 1. The molecule has 0 atom stereocenters. The van der Waals surface area contributed by atoms with Crippen LogP contribution >= 0.6 is 23.4 Å². The molecule has 1 amide bonds. The molecule has 0 radical (unpaired) electrons. The number of amides is 1. The number of nitrogens with one attached hydrogen (secondary N) is 1. The van der Waals surface area contributed by atoms with Crippen molar-refractivity contribution < 1.29 is 9.53 Å². The van der Waals surface area contributed by atoms with Crippen LogP contribution in [0.2, 0.25) is 5.02 Å². The lowest BCUT2D eigenvalue weighted by Crippen LogP contribution is -2.15. The Morgan fingerprint density at radius 3 is 2.59 bits per heavy atom. The second-order valence-electron chi connectivity index (χ2n) is 6.52. The van der Waals surface area contributed by atoms with Gasteiger partial charge in [0.05, 0.1) is 5.75 Å². The standard InChI is InChI=1S/C21H23ClN4O2S/c1-4-26-19(12-28-18-9-6-16(22)7-10-18)24-25-21(26)29-13-20(27)23-17-8-5-14(2)15(3)11-17/h5-11H,4,12-13H2,1-3H3,(H,23,27). The van der Waals surface area contributed by atoms with Crippen molar-refractivity contribution in [2.24, 2.45) is 0 Å². The highest BCUT2D eigenvalue weighted by atomic mass is 35.5. The van der Waals surface area contributed by atoms with Crippen molar-refractivity contribution in [3.8, 4) is 5.75 Å². The molecule has 152 valence electrons. The highest BCUT2D eigenvalue weighted by Gasteiger charge is 2.14. The van der Waals surface area contributed by atoms with Crippen molar-refractivity contribution in [2.45, 2.75) is 39.1 Å². The Hall–Kier alpha value is -2.51. The summed E-state index contributed by atoms with van der Waals surface area (Å²) < 4.78 is 7.71. The zero-order valence-corrected chi connectivity index (χ0v) is 18.2. The summed E-state index contributed by atoms with van der Waals surface area (Å²) in [7, 11) is 0. The van der Waals surface area contributed by atoms with Gasteiger partial charge in [-0.2, -0.15) is 0 Å². The van der Waals surface area contributed by atoms with Crippen LogP contribution in [0.3, 0.4) is 0 Å². The zero-order chi connectivity index (χ0) is 20.8. The topological polar surface area (TPSA) is 69.0 Å². The van der Waals surface area contributed by atoms with E-state index in [1.54, 1.807) is 12.1 Å². The molecule has 0 aliphatic carbocycles. The smallest absolute Gasteiger partial charge is 0.234 e. The third-order valence-electron chi connectivity index (χ3n) is 4.41. The first-order valence-electron chi connectivity index (χ1n) is 9.26. The van der Waals surface area contributed by atoms with E-state index in [1.165, 1.54) is 17.3 Å². The summed E-state index contributed by atoms with van der Waals surface area (Å²) in [6.07, 6.45) is 0. The van der Waals surface area contributed by atoms with Crippen LogP contribution in [0.25, 0.3) is 0 Å². The van der Waals surface area contributed by atoms with Gasteiger partial charge in [0, 0.05) is 17.3 Å². The maximum Gasteiger partial charge on any atom is 0.234 e. The van der Waals surface area contributed by atoms with Crippen molar-refractivity contribution in [2.75, 3.05) is 11.1 Å². The molecule has 8 heteroatoms. The first-order chi connectivity index (χ1) is 14.0. The van der Waals surface area contributed by atoms with Gasteiger partial charge < -0.3 is 14.6 Å². The molecule has 0 bridgehead atoms. The maximum absolute atomic E-state index is 12.3. The molecule has 1 N–H and O–H groups in total. The molecule has 0 spiro atoms. The minimum absolute atomic E-state index is 0.0807. The molecule has 0 saturated carbocycles. The number of nitrogens with zero attached hydrogens (tertiary/aromatic N) is 3. The van der Waals surface area contributed by atoms with E-state index in [9.17, 15) is 4.79 Å². The minimum atomic E-state index is -0.0807. The number of aromatic nitrogens is 3. The number of halogens is 1. The fourth-order valence-corrected chi connectivity index (χ4v) is 3.62. The molecule has 0 unspecified atom stereocenters. The Labute approximate surface area is 179 Å². The maximum atomic E-state index is 12.3. The van der Waals surface area contributed by atoms with Crippen molar-refractivity contribution >= 4 is 35.0 Å². The molecule has 0 saturated heterocycles. The Kier molecular flexibility index (Phi) is 7.17. The second kappa shape index (κ2) is 9.80. The fraction of sp³-hybridized carbons (Fsp3) is 0.286. The summed E-state index contributed by atoms with van der Waals surface area (Å²) in [5.74, 6) is 1.59. The van der Waals surface area contributed by atoms with E-state index in [0.717, 1.165) is 11.3 Å². The summed E-state index contributed by atoms with van der Waals surface area (Å²) >= 11 is 7.24. The number of benzene rings is 2. The van der Waals surface area contributed by atoms with E-state index >= 15 is 0 Å². The van der Waals surface area contributed by atoms with E-state index in [0.29, 0.717) is 28.3 Å². The molecule has 3 aromatic rings. The van der Waals surface area contributed by atoms with E-state index in [-0.39, 0.29) is 18.3 Å². The van der Waals surface area contributed by atoms with Gasteiger partial charge in [-0.3, -0.25) is 4.79 Å². The third kappa shape index (κ3) is 5.74. The predicted molar refractivity (Wildman–Crippen MR) is 117 cm³/mol. The molecule has 3 rings (SSSR count). The van der Waals surface area contributed by atoms with E-state index in [1.807, 2.05) is 55.7 Å². The molecule has 1 heterocycles. The molecular formula is C21H23ClN4O2S. The molecule has 6 nitrogen and oxygen atoms in total. The lowest BCUT2D eigenvalue weighted by atomic mass is 10.1. The van der Waals surface area contributed by atoms with E-state index in [4.69, 9.17) is 16.3 Å². The lowest BCUT2D eigenvalue weighted by Gasteiger charge is -2.09. The van der Waals surface area contributed by atoms with Crippen LogP contribution in [0.5, 0.6) is 5.75 Å². The van der Waals surface area contributed by atoms with Crippen LogP contribution in [0, 0.1) is 13.8 Å². The highest BCUT2D eigenvalue weighted by Crippen LogP contribution is 2.21. The number of hydrogen-bond donors (Lipinski definition) is 1. The summed E-state index contributed by atoms with van der Waals surface area (Å²) in [5.41, 5.74) is 3.14. The van der Waals surface area contributed by atoms with Crippen molar-refractivity contribution in [3.63, 3.8) is 0 Å². The monoisotopic (exact) mass is 430 g/mol. The van der Waals surface area contributed by atoms with E-state index < -0.39 is 0 Å². The fourth-order valence-electron chi connectivity index (χ4n) is 2.68. The number of carbonyl (C=O) groups is 1. The number of carbonyl (C=O) groups excluding carboxylic acids is 1. The normalized spacial score (nSPS) is 10.8. The minimum Gasteiger partial charge on any atom is -0.486 e. The SMILES string of the molecule is CCn1c(COc2ccc(Cl)cc2)nnc1SCC(=O)Nc1ccc(C)c(C)c1. The Morgan fingerprint density at radius 2 is 1.90 bits per heavy atom. The summed E-state index contributed by atoms with van der Waals surface area (Å²) in [4.78, 5) is 12.3. The van der Waals surface area contributed by atoms with Gasteiger partial charge in [-0.05, 0) is 68.3 Å². The second-order valence-corrected chi connectivity index (χ2v) is 7.90. The number of rotatable bonds is 8. The molecule has 0 aliphatic rings. The van der Waals surface area contributed by atoms with E-state index in [2.05, 4.69) is 15.5 Å². The summed E-state index contributed by atoms with van der Waals surface area (Å²) in [6.45, 7) is 7.05. The van der Waals surface area contributed by atoms with Gasteiger partial charge in [0.25, 0.3) is 0 Å². The molecule has 1 aromatic heterocycles. The largest absolute Gasteiger partial charge is 0.486 e. The van der Waals surface area contributed by atoms with Gasteiger partial charge in [-0.1, -0.05) is 29.4 Å². The first-order valence-corrected chi connectivity index (χ1v) is 10.6. The van der Waals surface area contributed by atoms with Crippen molar-refractivity contribution in [3.05, 3.63) is 64.4 Å². The average Bonchev–Trinajstić information content (AvgIpc) is 3.10. The molecular weight excluding hydrogens is 408 g/mol. The molecule has 29 heavy (non-hydrogen) atoms. The summed E-state index contributed by atoms with van der Waals surface area (Å²) in [5, 5.41) is 12.7. The number of aryl methyl sites for hydroxylation is 2. The quantitative estimate of drug-likeness (QED) is 0.516. The van der Waals surface area contributed by atoms with Crippen LogP contribution in [-0.4, -0.2) is 26.4 Å². The zero-order valence-electron chi connectivity index (χ0n) is 16.6. The van der Waals surface area contributed by atoms with Gasteiger partial charge in [0.1, 0.15) is 12.4 Å². The molecule has 0 aliphatic heterocycles. The molecule has 0 fully saturated rings. The summed E-state index contributed by atoms with van der Waals surface area (Å²) in [6, 6.07) is 13.0. The Morgan fingerprint density at radius 1 is 1.14 bits per heavy atom. The van der Waals surface area contributed by atoms with Crippen LogP contribution in [0.1, 0.15) is 23.9 Å². The Balaban J connectivity index is 1.57. The van der Waals surface area contributed by atoms with Crippen molar-refractivity contribution in [1.29, 1.82) is 0 Å². The number of hydrogen-bond acceptors (Lipinski definition) is 5. The van der Waals surface area contributed by atoms with Crippen LogP contribution in [0.4, 0.5) is 5.69 Å². The van der Waals surface area contributed by atoms with Crippen LogP contribution < -0.4 is 10.1 Å². The van der Waals surface area contributed by atoms with Crippen LogP contribution in [-0.2, 0) is 17.9 Å². The number of thioether (sulfide) groups is 1. The van der Waals surface area contributed by atoms with Crippen LogP contribution in [0.15, 0.2) is 47.6 Å². The Bertz CT molecular complexity index is 989. The lowest BCUT2D eigenvalue weighted by molar-refractivity contribution is -0.113. The predicted octanol–water partition coefficient (Wildman–Crippen LogP) is 4.88. The highest BCUT2D eigenvalue weighted by molar-refractivity contribution is 7.99.